The van der Waals surface area contributed by atoms with Crippen LogP contribution in [-0.4, -0.2) is 11.3 Å². The molecule has 3 rings (SSSR count). The maximum atomic E-state index is 10.7. The first-order valence-corrected chi connectivity index (χ1v) is 6.85. The lowest BCUT2D eigenvalue weighted by molar-refractivity contribution is 0.112. The standard InChI is InChI=1S/C17H12ClNO2/c18-14-6-4-13-5-7-15(19-17(13)9-14)11-21-16-3-1-2-12(8-16)10-20/h1-10H,11H2. The van der Waals surface area contributed by atoms with Crippen LogP contribution in [0, 0.1) is 0 Å². The predicted octanol–water partition coefficient (Wildman–Crippen LogP) is 4.28. The number of hydrogen-bond acceptors (Lipinski definition) is 3. The van der Waals surface area contributed by atoms with Gasteiger partial charge in [-0.05, 0) is 30.3 Å². The van der Waals surface area contributed by atoms with Crippen LogP contribution in [0.2, 0.25) is 5.02 Å². The van der Waals surface area contributed by atoms with Gasteiger partial charge < -0.3 is 4.74 Å². The molecule has 1 aromatic heterocycles. The Bertz CT molecular complexity index is 802. The van der Waals surface area contributed by atoms with E-state index in [0.717, 1.165) is 22.9 Å². The van der Waals surface area contributed by atoms with E-state index in [9.17, 15) is 4.79 Å². The molecule has 2 aromatic carbocycles. The molecule has 0 aliphatic heterocycles. The van der Waals surface area contributed by atoms with E-state index >= 15 is 0 Å². The molecule has 0 saturated heterocycles. The number of pyridine rings is 1. The molecule has 0 unspecified atom stereocenters. The van der Waals surface area contributed by atoms with Gasteiger partial charge in [0.05, 0.1) is 11.2 Å². The minimum atomic E-state index is 0.338. The maximum Gasteiger partial charge on any atom is 0.150 e. The van der Waals surface area contributed by atoms with Crippen LogP contribution in [0.5, 0.6) is 5.75 Å². The molecule has 0 amide bonds. The molecule has 104 valence electrons. The molecule has 4 heteroatoms. The first kappa shape index (κ1) is 13.6. The quantitative estimate of drug-likeness (QED) is 0.675. The first-order chi connectivity index (χ1) is 10.2. The summed E-state index contributed by atoms with van der Waals surface area (Å²) in [5.41, 5.74) is 2.23. The summed E-state index contributed by atoms with van der Waals surface area (Å²) in [7, 11) is 0. The van der Waals surface area contributed by atoms with E-state index in [-0.39, 0.29) is 0 Å². The Morgan fingerprint density at radius 2 is 1.95 bits per heavy atom. The minimum Gasteiger partial charge on any atom is -0.487 e. The highest BCUT2D eigenvalue weighted by molar-refractivity contribution is 6.31. The van der Waals surface area contributed by atoms with E-state index in [1.807, 2.05) is 36.4 Å². The number of nitrogens with zero attached hydrogens (tertiary/aromatic N) is 1. The molecule has 0 aliphatic rings. The molecule has 0 saturated carbocycles. The van der Waals surface area contributed by atoms with Crippen molar-refractivity contribution in [1.29, 1.82) is 0 Å². The Labute approximate surface area is 127 Å². The zero-order valence-corrected chi connectivity index (χ0v) is 11.9. The Morgan fingerprint density at radius 1 is 1.10 bits per heavy atom. The van der Waals surface area contributed by atoms with Crippen molar-refractivity contribution in [1.82, 2.24) is 4.98 Å². The molecule has 0 fully saturated rings. The van der Waals surface area contributed by atoms with E-state index in [4.69, 9.17) is 16.3 Å². The summed E-state index contributed by atoms with van der Waals surface area (Å²) in [4.78, 5) is 15.2. The summed E-state index contributed by atoms with van der Waals surface area (Å²) in [5.74, 6) is 0.646. The topological polar surface area (TPSA) is 39.2 Å². The van der Waals surface area contributed by atoms with Crippen molar-refractivity contribution >= 4 is 28.8 Å². The normalized spacial score (nSPS) is 10.5. The van der Waals surface area contributed by atoms with Gasteiger partial charge in [-0.15, -0.1) is 0 Å². The number of hydrogen-bond donors (Lipinski definition) is 0. The van der Waals surface area contributed by atoms with E-state index in [0.29, 0.717) is 22.9 Å². The van der Waals surface area contributed by atoms with Crippen molar-refractivity contribution in [3.05, 3.63) is 70.9 Å². The minimum absolute atomic E-state index is 0.338. The van der Waals surface area contributed by atoms with Gasteiger partial charge >= 0.3 is 0 Å². The summed E-state index contributed by atoms with van der Waals surface area (Å²) < 4.78 is 5.66. The summed E-state index contributed by atoms with van der Waals surface area (Å²) in [6.07, 6.45) is 0.795. The van der Waals surface area contributed by atoms with Crippen LogP contribution in [0.4, 0.5) is 0 Å². The molecule has 21 heavy (non-hydrogen) atoms. The van der Waals surface area contributed by atoms with Crippen molar-refractivity contribution in [2.45, 2.75) is 6.61 Å². The lowest BCUT2D eigenvalue weighted by Crippen LogP contribution is -1.98. The predicted molar refractivity (Wildman–Crippen MR) is 82.9 cm³/mol. The number of ether oxygens (including phenoxy) is 1. The second kappa shape index (κ2) is 5.94. The third-order valence-corrected chi connectivity index (χ3v) is 3.33. The fraction of sp³-hybridized carbons (Fsp3) is 0.0588. The highest BCUT2D eigenvalue weighted by Gasteiger charge is 2.02. The van der Waals surface area contributed by atoms with Gasteiger partial charge in [-0.25, -0.2) is 4.98 Å². The molecule has 0 aliphatic carbocycles. The van der Waals surface area contributed by atoms with Crippen LogP contribution in [0.25, 0.3) is 10.9 Å². The summed E-state index contributed by atoms with van der Waals surface area (Å²) >= 11 is 5.97. The van der Waals surface area contributed by atoms with Gasteiger partial charge in [-0.3, -0.25) is 4.79 Å². The van der Waals surface area contributed by atoms with Gasteiger partial charge in [-0.2, -0.15) is 0 Å². The van der Waals surface area contributed by atoms with E-state index in [2.05, 4.69) is 4.98 Å². The zero-order valence-electron chi connectivity index (χ0n) is 11.1. The lowest BCUT2D eigenvalue weighted by atomic mass is 10.2. The highest BCUT2D eigenvalue weighted by atomic mass is 35.5. The van der Waals surface area contributed by atoms with Crippen molar-refractivity contribution in [2.75, 3.05) is 0 Å². The summed E-state index contributed by atoms with van der Waals surface area (Å²) in [6, 6.07) is 16.5. The second-order valence-corrected chi connectivity index (χ2v) is 5.06. The van der Waals surface area contributed by atoms with Gasteiger partial charge in [0.25, 0.3) is 0 Å². The van der Waals surface area contributed by atoms with E-state index < -0.39 is 0 Å². The molecule has 3 nitrogen and oxygen atoms in total. The molecule has 0 N–H and O–H groups in total. The van der Waals surface area contributed by atoms with Crippen molar-refractivity contribution < 1.29 is 9.53 Å². The molecule has 3 aromatic rings. The second-order valence-electron chi connectivity index (χ2n) is 4.62. The number of carbonyl (C=O) groups excluding carboxylic acids is 1. The number of benzene rings is 2. The number of fused-ring (bicyclic) bond motifs is 1. The average Bonchev–Trinajstić information content (AvgIpc) is 2.52. The average molecular weight is 298 g/mol. The molecule has 0 bridgehead atoms. The highest BCUT2D eigenvalue weighted by Crippen LogP contribution is 2.19. The molecule has 1 heterocycles. The zero-order chi connectivity index (χ0) is 14.7. The fourth-order valence-corrected chi connectivity index (χ4v) is 2.21. The fourth-order valence-electron chi connectivity index (χ4n) is 2.05. The van der Waals surface area contributed by atoms with Gasteiger partial charge in [-0.1, -0.05) is 35.9 Å². The SMILES string of the molecule is O=Cc1cccc(OCc2ccc3ccc(Cl)cc3n2)c1. The monoisotopic (exact) mass is 297 g/mol. The number of aromatic nitrogens is 1. The van der Waals surface area contributed by atoms with Gasteiger partial charge in [0.2, 0.25) is 0 Å². The number of rotatable bonds is 4. The Kier molecular flexibility index (Phi) is 3.84. The third kappa shape index (κ3) is 3.20. The number of carbonyl (C=O) groups is 1. The maximum absolute atomic E-state index is 10.7. The molecule has 0 atom stereocenters. The number of aldehydes is 1. The number of halogens is 1. The summed E-state index contributed by atoms with van der Waals surface area (Å²) in [5, 5.41) is 1.69. The van der Waals surface area contributed by atoms with Crippen LogP contribution in [0.3, 0.4) is 0 Å². The smallest absolute Gasteiger partial charge is 0.150 e. The largest absolute Gasteiger partial charge is 0.487 e. The molecular formula is C17H12ClNO2. The first-order valence-electron chi connectivity index (χ1n) is 6.48. The van der Waals surface area contributed by atoms with Crippen LogP contribution in [0.1, 0.15) is 16.1 Å². The van der Waals surface area contributed by atoms with E-state index in [1.165, 1.54) is 0 Å². The van der Waals surface area contributed by atoms with E-state index in [1.54, 1.807) is 18.2 Å². The van der Waals surface area contributed by atoms with Crippen molar-refractivity contribution in [2.24, 2.45) is 0 Å². The lowest BCUT2D eigenvalue weighted by Gasteiger charge is -2.07. The Hall–Kier alpha value is -2.39. The van der Waals surface area contributed by atoms with Crippen molar-refractivity contribution in [3.8, 4) is 5.75 Å². The molecule has 0 radical (unpaired) electrons. The molecule has 0 spiro atoms. The molecular weight excluding hydrogens is 286 g/mol. The van der Waals surface area contributed by atoms with Crippen molar-refractivity contribution in [3.63, 3.8) is 0 Å². The van der Waals surface area contributed by atoms with Crippen LogP contribution in [-0.2, 0) is 6.61 Å². The van der Waals surface area contributed by atoms with Crippen LogP contribution < -0.4 is 4.74 Å². The third-order valence-electron chi connectivity index (χ3n) is 3.09. The van der Waals surface area contributed by atoms with Gasteiger partial charge in [0.15, 0.2) is 0 Å². The summed E-state index contributed by atoms with van der Waals surface area (Å²) in [6.45, 7) is 0.338. The Balaban J connectivity index is 1.79. The van der Waals surface area contributed by atoms with Gasteiger partial charge in [0.1, 0.15) is 18.6 Å². The van der Waals surface area contributed by atoms with Crippen LogP contribution in [0.15, 0.2) is 54.6 Å². The van der Waals surface area contributed by atoms with Gasteiger partial charge in [0, 0.05) is 16.0 Å². The van der Waals surface area contributed by atoms with Crippen LogP contribution >= 0.6 is 11.6 Å². The Morgan fingerprint density at radius 3 is 2.81 bits per heavy atom.